The summed E-state index contributed by atoms with van der Waals surface area (Å²) >= 11 is 1.84. The van der Waals surface area contributed by atoms with Crippen molar-refractivity contribution in [2.45, 2.75) is 26.3 Å². The van der Waals surface area contributed by atoms with Crippen molar-refractivity contribution in [3.05, 3.63) is 35.2 Å². The van der Waals surface area contributed by atoms with Gasteiger partial charge in [0.15, 0.2) is 0 Å². The van der Waals surface area contributed by atoms with Crippen LogP contribution in [0.2, 0.25) is 0 Å². The minimum absolute atomic E-state index is 0.459. The SMILES string of the molecule is CCCNC(C)c1csc2ccccc12. The van der Waals surface area contributed by atoms with E-state index in [4.69, 9.17) is 0 Å². The van der Waals surface area contributed by atoms with E-state index in [1.165, 1.54) is 22.1 Å². The average molecular weight is 219 g/mol. The summed E-state index contributed by atoms with van der Waals surface area (Å²) in [6.45, 7) is 5.53. The van der Waals surface area contributed by atoms with E-state index in [1.54, 1.807) is 0 Å². The fraction of sp³-hybridized carbons (Fsp3) is 0.385. The van der Waals surface area contributed by atoms with Crippen molar-refractivity contribution in [3.8, 4) is 0 Å². The second kappa shape index (κ2) is 4.77. The maximum atomic E-state index is 3.53. The molecule has 1 aromatic heterocycles. The van der Waals surface area contributed by atoms with Gasteiger partial charge < -0.3 is 5.32 Å². The highest BCUT2D eigenvalue weighted by molar-refractivity contribution is 7.17. The minimum Gasteiger partial charge on any atom is -0.310 e. The van der Waals surface area contributed by atoms with Gasteiger partial charge >= 0.3 is 0 Å². The zero-order valence-electron chi connectivity index (χ0n) is 9.29. The van der Waals surface area contributed by atoms with Gasteiger partial charge in [-0.25, -0.2) is 0 Å². The Hall–Kier alpha value is -0.860. The number of benzene rings is 1. The zero-order chi connectivity index (χ0) is 10.7. The van der Waals surface area contributed by atoms with Crippen molar-refractivity contribution >= 4 is 21.4 Å². The topological polar surface area (TPSA) is 12.0 Å². The third-order valence-corrected chi connectivity index (χ3v) is 3.66. The molecule has 1 heterocycles. The quantitative estimate of drug-likeness (QED) is 0.820. The van der Waals surface area contributed by atoms with E-state index < -0.39 is 0 Å². The van der Waals surface area contributed by atoms with Crippen LogP contribution in [-0.2, 0) is 0 Å². The Balaban J connectivity index is 2.27. The van der Waals surface area contributed by atoms with Crippen LogP contribution in [0, 0.1) is 0 Å². The van der Waals surface area contributed by atoms with E-state index in [2.05, 4.69) is 48.8 Å². The number of fused-ring (bicyclic) bond motifs is 1. The highest BCUT2D eigenvalue weighted by Gasteiger charge is 2.09. The van der Waals surface area contributed by atoms with Gasteiger partial charge in [-0.05, 0) is 42.3 Å². The van der Waals surface area contributed by atoms with Crippen LogP contribution in [0.5, 0.6) is 0 Å². The smallest absolute Gasteiger partial charge is 0.0346 e. The van der Waals surface area contributed by atoms with Crippen LogP contribution in [-0.4, -0.2) is 6.54 Å². The Morgan fingerprint density at radius 2 is 2.13 bits per heavy atom. The van der Waals surface area contributed by atoms with Gasteiger partial charge in [-0.3, -0.25) is 0 Å². The molecule has 1 N–H and O–H groups in total. The van der Waals surface area contributed by atoms with Gasteiger partial charge in [0.2, 0.25) is 0 Å². The van der Waals surface area contributed by atoms with Crippen LogP contribution in [0.3, 0.4) is 0 Å². The molecule has 0 saturated heterocycles. The average Bonchev–Trinajstić information content (AvgIpc) is 2.69. The fourth-order valence-electron chi connectivity index (χ4n) is 1.80. The lowest BCUT2D eigenvalue weighted by atomic mass is 10.1. The molecule has 2 heteroatoms. The number of thiophene rings is 1. The second-order valence-corrected chi connectivity index (χ2v) is 4.77. The molecule has 1 nitrogen and oxygen atoms in total. The Labute approximate surface area is 95.1 Å². The first-order chi connectivity index (χ1) is 7.33. The molecular weight excluding hydrogens is 202 g/mol. The van der Waals surface area contributed by atoms with Gasteiger partial charge in [0.05, 0.1) is 0 Å². The summed E-state index contributed by atoms with van der Waals surface area (Å²) in [7, 11) is 0. The molecule has 80 valence electrons. The highest BCUT2D eigenvalue weighted by atomic mass is 32.1. The van der Waals surface area contributed by atoms with Crippen LogP contribution in [0.25, 0.3) is 10.1 Å². The fourth-order valence-corrected chi connectivity index (χ4v) is 2.86. The molecule has 0 bridgehead atoms. The number of hydrogen-bond acceptors (Lipinski definition) is 2. The maximum absolute atomic E-state index is 3.53. The van der Waals surface area contributed by atoms with Crippen LogP contribution in [0.1, 0.15) is 31.9 Å². The third kappa shape index (κ3) is 2.21. The molecule has 15 heavy (non-hydrogen) atoms. The first-order valence-electron chi connectivity index (χ1n) is 5.52. The minimum atomic E-state index is 0.459. The predicted molar refractivity (Wildman–Crippen MR) is 68.5 cm³/mol. The summed E-state index contributed by atoms with van der Waals surface area (Å²) in [5.41, 5.74) is 1.43. The van der Waals surface area contributed by atoms with Crippen molar-refractivity contribution in [2.75, 3.05) is 6.54 Å². The van der Waals surface area contributed by atoms with Crippen molar-refractivity contribution in [3.63, 3.8) is 0 Å². The molecule has 0 fully saturated rings. The van der Waals surface area contributed by atoms with Gasteiger partial charge in [-0.1, -0.05) is 25.1 Å². The molecule has 0 radical (unpaired) electrons. The maximum Gasteiger partial charge on any atom is 0.0346 e. The molecule has 1 aromatic carbocycles. The molecule has 0 saturated carbocycles. The van der Waals surface area contributed by atoms with Crippen molar-refractivity contribution in [1.29, 1.82) is 0 Å². The van der Waals surface area contributed by atoms with Crippen LogP contribution < -0.4 is 5.32 Å². The van der Waals surface area contributed by atoms with E-state index in [9.17, 15) is 0 Å². The standard InChI is InChI=1S/C13H17NS/c1-3-8-14-10(2)12-9-15-13-7-5-4-6-11(12)13/h4-7,9-10,14H,3,8H2,1-2H3. The summed E-state index contributed by atoms with van der Waals surface area (Å²) < 4.78 is 1.39. The van der Waals surface area contributed by atoms with Crippen LogP contribution in [0.15, 0.2) is 29.6 Å². The molecule has 0 aliphatic rings. The molecule has 0 spiro atoms. The van der Waals surface area contributed by atoms with E-state index in [1.807, 2.05) is 11.3 Å². The number of nitrogens with one attached hydrogen (secondary N) is 1. The molecule has 0 aliphatic heterocycles. The largest absolute Gasteiger partial charge is 0.310 e. The molecule has 2 rings (SSSR count). The Morgan fingerprint density at radius 1 is 1.33 bits per heavy atom. The lowest BCUT2D eigenvalue weighted by molar-refractivity contribution is 0.575. The molecule has 1 atom stereocenters. The van der Waals surface area contributed by atoms with Crippen molar-refractivity contribution in [2.24, 2.45) is 0 Å². The monoisotopic (exact) mass is 219 g/mol. The molecule has 0 aliphatic carbocycles. The summed E-state index contributed by atoms with van der Waals surface area (Å²) in [5.74, 6) is 0. The number of rotatable bonds is 4. The summed E-state index contributed by atoms with van der Waals surface area (Å²) in [6.07, 6.45) is 1.19. The summed E-state index contributed by atoms with van der Waals surface area (Å²) in [4.78, 5) is 0. The van der Waals surface area contributed by atoms with Crippen LogP contribution >= 0.6 is 11.3 Å². The van der Waals surface area contributed by atoms with E-state index in [0.29, 0.717) is 6.04 Å². The van der Waals surface area contributed by atoms with Crippen molar-refractivity contribution in [1.82, 2.24) is 5.32 Å². The summed E-state index contributed by atoms with van der Waals surface area (Å²) in [5, 5.41) is 7.21. The Morgan fingerprint density at radius 3 is 2.93 bits per heavy atom. The normalized spacial score (nSPS) is 13.2. The van der Waals surface area contributed by atoms with Gasteiger partial charge in [0.25, 0.3) is 0 Å². The first-order valence-corrected chi connectivity index (χ1v) is 6.40. The Kier molecular flexibility index (Phi) is 3.39. The zero-order valence-corrected chi connectivity index (χ0v) is 10.1. The van der Waals surface area contributed by atoms with Gasteiger partial charge in [0, 0.05) is 10.7 Å². The van der Waals surface area contributed by atoms with Gasteiger partial charge in [-0.15, -0.1) is 11.3 Å². The molecule has 0 amide bonds. The lowest BCUT2D eigenvalue weighted by Gasteiger charge is -2.12. The Bertz CT molecular complexity index is 433. The molecule has 1 unspecified atom stereocenters. The van der Waals surface area contributed by atoms with E-state index >= 15 is 0 Å². The van der Waals surface area contributed by atoms with Gasteiger partial charge in [0.1, 0.15) is 0 Å². The van der Waals surface area contributed by atoms with E-state index in [0.717, 1.165) is 6.54 Å². The molecule has 2 aromatic rings. The second-order valence-electron chi connectivity index (χ2n) is 3.86. The highest BCUT2D eigenvalue weighted by Crippen LogP contribution is 2.29. The van der Waals surface area contributed by atoms with Crippen molar-refractivity contribution < 1.29 is 0 Å². The third-order valence-electron chi connectivity index (χ3n) is 2.68. The first kappa shape index (κ1) is 10.7. The lowest BCUT2D eigenvalue weighted by Crippen LogP contribution is -2.18. The molecular formula is C13H17NS. The van der Waals surface area contributed by atoms with Crippen LogP contribution in [0.4, 0.5) is 0 Å². The van der Waals surface area contributed by atoms with Gasteiger partial charge in [-0.2, -0.15) is 0 Å². The summed E-state index contributed by atoms with van der Waals surface area (Å²) in [6, 6.07) is 9.08. The van der Waals surface area contributed by atoms with E-state index in [-0.39, 0.29) is 0 Å². The predicted octanol–water partition coefficient (Wildman–Crippen LogP) is 3.96. The number of hydrogen-bond donors (Lipinski definition) is 1.